The third-order valence-electron chi connectivity index (χ3n) is 5.13. The van der Waals surface area contributed by atoms with E-state index < -0.39 is 17.8 Å². The van der Waals surface area contributed by atoms with E-state index in [1.54, 1.807) is 24.3 Å². The number of nitrogens with one attached hydrogen (secondary N) is 1. The Bertz CT molecular complexity index is 1300. The number of hydrogen-bond acceptors (Lipinski definition) is 4. The molecule has 1 N–H and O–H groups in total. The van der Waals surface area contributed by atoms with Crippen LogP contribution in [0.5, 0.6) is 11.5 Å². The Kier molecular flexibility index (Phi) is 7.45. The monoisotopic (exact) mass is 542 g/mol. The molecule has 3 aromatic carbocycles. The normalized spacial score (nSPS) is 14.4. The van der Waals surface area contributed by atoms with Crippen molar-refractivity contribution in [2.24, 2.45) is 0 Å². The van der Waals surface area contributed by atoms with E-state index in [9.17, 15) is 18.4 Å². The molecule has 6 nitrogen and oxygen atoms in total. The predicted octanol–water partition coefficient (Wildman–Crippen LogP) is 5.80. The van der Waals surface area contributed by atoms with Crippen molar-refractivity contribution in [3.8, 4) is 11.5 Å². The summed E-state index contributed by atoms with van der Waals surface area (Å²) in [6.45, 7) is 2.33. The molecule has 0 unspecified atom stereocenters. The average Bonchev–Trinajstić information content (AvgIpc) is 3.07. The number of benzene rings is 3. The lowest BCUT2D eigenvalue weighted by Crippen LogP contribution is -2.30. The fourth-order valence-electron chi connectivity index (χ4n) is 3.51. The molecule has 0 aliphatic carbocycles. The van der Waals surface area contributed by atoms with Gasteiger partial charge in [0.15, 0.2) is 11.5 Å². The van der Waals surface area contributed by atoms with E-state index in [4.69, 9.17) is 9.47 Å². The van der Waals surface area contributed by atoms with Crippen LogP contribution in [0.4, 0.5) is 13.6 Å². The summed E-state index contributed by atoms with van der Waals surface area (Å²) in [5.74, 6) is -0.401. The van der Waals surface area contributed by atoms with Crippen LogP contribution < -0.4 is 14.8 Å². The van der Waals surface area contributed by atoms with Gasteiger partial charge in [-0.1, -0.05) is 24.3 Å². The molecule has 180 valence electrons. The topological polar surface area (TPSA) is 67.9 Å². The highest BCUT2D eigenvalue weighted by Gasteiger charge is 2.33. The average molecular weight is 543 g/mol. The summed E-state index contributed by atoms with van der Waals surface area (Å²) in [6.07, 6.45) is 1.54. The summed E-state index contributed by atoms with van der Waals surface area (Å²) in [7, 11) is 0. The highest BCUT2D eigenvalue weighted by Crippen LogP contribution is 2.38. The smallest absolute Gasteiger partial charge is 0.329 e. The number of urea groups is 1. The molecule has 0 radical (unpaired) electrons. The van der Waals surface area contributed by atoms with E-state index in [1.165, 1.54) is 42.5 Å². The fourth-order valence-corrected chi connectivity index (χ4v) is 4.08. The number of halogens is 3. The fraction of sp³-hybridized carbons (Fsp3) is 0.154. The quantitative estimate of drug-likeness (QED) is 0.288. The van der Waals surface area contributed by atoms with Crippen molar-refractivity contribution >= 4 is 33.9 Å². The van der Waals surface area contributed by atoms with E-state index in [1.807, 2.05) is 6.92 Å². The minimum absolute atomic E-state index is 0.0169. The van der Waals surface area contributed by atoms with Gasteiger partial charge in [0.05, 0.1) is 17.6 Å². The lowest BCUT2D eigenvalue weighted by Gasteiger charge is -2.15. The molecular formula is C26H21BrF2N2O4. The Labute approximate surface area is 209 Å². The highest BCUT2D eigenvalue weighted by atomic mass is 79.9. The molecule has 1 heterocycles. The lowest BCUT2D eigenvalue weighted by molar-refractivity contribution is -0.123. The SMILES string of the molecule is CCOc1cc(/C=C2/NC(=O)N(Cc3ccc(F)cc3)C2=O)cc(Br)c1OCc1cccc(F)c1. The number of imide groups is 1. The zero-order chi connectivity index (χ0) is 24.9. The van der Waals surface area contributed by atoms with Crippen LogP contribution in [0.1, 0.15) is 23.6 Å². The van der Waals surface area contributed by atoms with Gasteiger partial charge in [-0.05, 0) is 82.0 Å². The molecule has 0 bridgehead atoms. The second-order valence-corrected chi connectivity index (χ2v) is 8.54. The number of ether oxygens (including phenoxy) is 2. The largest absolute Gasteiger partial charge is 0.490 e. The first-order valence-electron chi connectivity index (χ1n) is 10.8. The van der Waals surface area contributed by atoms with Crippen LogP contribution in [0.25, 0.3) is 6.08 Å². The lowest BCUT2D eigenvalue weighted by atomic mass is 10.1. The standard InChI is InChI=1S/C26H21BrF2N2O4/c1-2-34-23-13-18(11-21(27)24(23)35-15-17-4-3-5-20(29)10-17)12-22-25(32)31(26(33)30-22)14-16-6-8-19(28)9-7-16/h3-13H,2,14-15H2,1H3,(H,30,33)/b22-12+. The number of carbonyl (C=O) groups excluding carboxylic acids is 2. The highest BCUT2D eigenvalue weighted by molar-refractivity contribution is 9.10. The number of hydrogen-bond donors (Lipinski definition) is 1. The Balaban J connectivity index is 1.55. The Hall–Kier alpha value is -3.72. The number of rotatable bonds is 8. The van der Waals surface area contributed by atoms with Crippen LogP contribution in [0.3, 0.4) is 0 Å². The van der Waals surface area contributed by atoms with Crippen molar-refractivity contribution < 1.29 is 27.8 Å². The van der Waals surface area contributed by atoms with Crippen molar-refractivity contribution in [1.82, 2.24) is 10.2 Å². The second kappa shape index (κ2) is 10.7. The summed E-state index contributed by atoms with van der Waals surface area (Å²) in [4.78, 5) is 26.3. The van der Waals surface area contributed by atoms with Crippen molar-refractivity contribution in [2.45, 2.75) is 20.1 Å². The molecule has 3 aromatic rings. The van der Waals surface area contributed by atoms with E-state index >= 15 is 0 Å². The van der Waals surface area contributed by atoms with Gasteiger partial charge in [0, 0.05) is 0 Å². The summed E-state index contributed by atoms with van der Waals surface area (Å²) in [6, 6.07) is 14.5. The zero-order valence-electron chi connectivity index (χ0n) is 18.7. The van der Waals surface area contributed by atoms with Gasteiger partial charge >= 0.3 is 6.03 Å². The molecule has 9 heteroatoms. The molecular weight excluding hydrogens is 522 g/mol. The first-order chi connectivity index (χ1) is 16.8. The minimum atomic E-state index is -0.565. The van der Waals surface area contributed by atoms with E-state index in [0.717, 1.165) is 4.90 Å². The molecule has 0 aromatic heterocycles. The maximum absolute atomic E-state index is 13.5. The minimum Gasteiger partial charge on any atom is -0.490 e. The van der Waals surface area contributed by atoms with Gasteiger partial charge in [0.25, 0.3) is 5.91 Å². The Morgan fingerprint density at radius 3 is 2.46 bits per heavy atom. The van der Waals surface area contributed by atoms with Crippen molar-refractivity contribution in [1.29, 1.82) is 0 Å². The second-order valence-electron chi connectivity index (χ2n) is 7.69. The molecule has 1 fully saturated rings. The molecule has 1 aliphatic rings. The summed E-state index contributed by atoms with van der Waals surface area (Å²) in [5.41, 5.74) is 1.97. The van der Waals surface area contributed by atoms with E-state index in [-0.39, 0.29) is 24.7 Å². The van der Waals surface area contributed by atoms with Crippen molar-refractivity contribution in [3.05, 3.63) is 99.2 Å². The third-order valence-corrected chi connectivity index (χ3v) is 5.72. The van der Waals surface area contributed by atoms with Gasteiger partial charge in [-0.2, -0.15) is 0 Å². The Morgan fingerprint density at radius 2 is 1.74 bits per heavy atom. The molecule has 4 rings (SSSR count). The number of amides is 3. The molecule has 3 amide bonds. The number of carbonyl (C=O) groups is 2. The summed E-state index contributed by atoms with van der Waals surface area (Å²) in [5, 5.41) is 2.57. The van der Waals surface area contributed by atoms with Crippen LogP contribution in [0.15, 0.2) is 70.8 Å². The van der Waals surface area contributed by atoms with Crippen molar-refractivity contribution in [2.75, 3.05) is 6.61 Å². The van der Waals surface area contributed by atoms with Crippen LogP contribution in [0.2, 0.25) is 0 Å². The molecule has 35 heavy (non-hydrogen) atoms. The summed E-state index contributed by atoms with van der Waals surface area (Å²) < 4.78 is 38.8. The van der Waals surface area contributed by atoms with Crippen LogP contribution in [-0.2, 0) is 17.9 Å². The molecule has 1 saturated heterocycles. The van der Waals surface area contributed by atoms with Gasteiger partial charge in [0.2, 0.25) is 0 Å². The van der Waals surface area contributed by atoms with Crippen molar-refractivity contribution in [3.63, 3.8) is 0 Å². The zero-order valence-corrected chi connectivity index (χ0v) is 20.3. The van der Waals surface area contributed by atoms with Gasteiger partial charge in [-0.25, -0.2) is 13.6 Å². The van der Waals surface area contributed by atoms with Gasteiger partial charge < -0.3 is 14.8 Å². The third kappa shape index (κ3) is 5.86. The summed E-state index contributed by atoms with van der Waals surface area (Å²) >= 11 is 3.47. The van der Waals surface area contributed by atoms with Gasteiger partial charge in [-0.3, -0.25) is 9.69 Å². The van der Waals surface area contributed by atoms with Crippen LogP contribution in [0, 0.1) is 11.6 Å². The molecule has 1 aliphatic heterocycles. The van der Waals surface area contributed by atoms with Gasteiger partial charge in [0.1, 0.15) is 23.9 Å². The molecule has 0 saturated carbocycles. The molecule has 0 spiro atoms. The first-order valence-corrected chi connectivity index (χ1v) is 11.6. The maximum atomic E-state index is 13.5. The van der Waals surface area contributed by atoms with E-state index in [2.05, 4.69) is 21.2 Å². The van der Waals surface area contributed by atoms with Crippen LogP contribution in [-0.4, -0.2) is 23.4 Å². The molecule has 0 atom stereocenters. The van der Waals surface area contributed by atoms with Gasteiger partial charge in [-0.15, -0.1) is 0 Å². The Morgan fingerprint density at radius 1 is 0.971 bits per heavy atom. The first kappa shape index (κ1) is 24.4. The van der Waals surface area contributed by atoms with Crippen LogP contribution >= 0.6 is 15.9 Å². The maximum Gasteiger partial charge on any atom is 0.329 e. The number of nitrogens with zero attached hydrogens (tertiary/aromatic N) is 1. The predicted molar refractivity (Wildman–Crippen MR) is 130 cm³/mol. The van der Waals surface area contributed by atoms with E-state index in [0.29, 0.717) is 39.3 Å².